The summed E-state index contributed by atoms with van der Waals surface area (Å²) in [6.07, 6.45) is 2.32. The highest BCUT2D eigenvalue weighted by Crippen LogP contribution is 2.18. The third kappa shape index (κ3) is 4.70. The van der Waals surface area contributed by atoms with Crippen molar-refractivity contribution in [1.29, 1.82) is 0 Å². The first-order valence-corrected chi connectivity index (χ1v) is 6.75. The molecule has 2 aromatic rings. The fraction of sp³-hybridized carbons (Fsp3) is 0.400. The molecular formula is C15H22IN3O. The molecule has 0 aliphatic heterocycles. The van der Waals surface area contributed by atoms with Crippen LogP contribution in [-0.2, 0) is 6.54 Å². The average molecular weight is 387 g/mol. The molecule has 1 heterocycles. The molecule has 0 saturated heterocycles. The van der Waals surface area contributed by atoms with Crippen LogP contribution in [0.25, 0.3) is 11.0 Å². The highest BCUT2D eigenvalue weighted by atomic mass is 127. The molecule has 0 aliphatic rings. The number of benzene rings is 1. The van der Waals surface area contributed by atoms with Gasteiger partial charge in [0.15, 0.2) is 5.96 Å². The molecule has 4 nitrogen and oxygen atoms in total. The molecule has 0 saturated carbocycles. The van der Waals surface area contributed by atoms with Crippen LogP contribution in [0.15, 0.2) is 39.7 Å². The summed E-state index contributed by atoms with van der Waals surface area (Å²) in [5.74, 6) is 1.73. The first-order valence-electron chi connectivity index (χ1n) is 6.75. The lowest BCUT2D eigenvalue weighted by Crippen LogP contribution is -2.37. The summed E-state index contributed by atoms with van der Waals surface area (Å²) in [5, 5.41) is 7.65. The number of furan rings is 1. The van der Waals surface area contributed by atoms with Crippen molar-refractivity contribution in [2.24, 2.45) is 4.99 Å². The molecule has 1 aromatic carbocycles. The SMILES string of the molecule is CCCCNC(=NC)NCc1cc2ccccc2o1.I. The van der Waals surface area contributed by atoms with Gasteiger partial charge in [-0.25, -0.2) is 0 Å². The first kappa shape index (κ1) is 16.8. The van der Waals surface area contributed by atoms with Gasteiger partial charge in [-0.3, -0.25) is 4.99 Å². The molecule has 2 N–H and O–H groups in total. The fourth-order valence-corrected chi connectivity index (χ4v) is 1.90. The molecule has 110 valence electrons. The molecule has 0 amide bonds. The maximum Gasteiger partial charge on any atom is 0.191 e. The van der Waals surface area contributed by atoms with Gasteiger partial charge in [0.2, 0.25) is 0 Å². The Hall–Kier alpha value is -1.24. The Morgan fingerprint density at radius 2 is 2.05 bits per heavy atom. The molecule has 0 fully saturated rings. The van der Waals surface area contributed by atoms with Gasteiger partial charge in [-0.15, -0.1) is 24.0 Å². The monoisotopic (exact) mass is 387 g/mol. The van der Waals surface area contributed by atoms with E-state index in [-0.39, 0.29) is 24.0 Å². The van der Waals surface area contributed by atoms with Crippen LogP contribution in [-0.4, -0.2) is 19.6 Å². The number of hydrogen-bond acceptors (Lipinski definition) is 2. The van der Waals surface area contributed by atoms with Crippen LogP contribution < -0.4 is 10.6 Å². The maximum absolute atomic E-state index is 5.74. The lowest BCUT2D eigenvalue weighted by atomic mass is 10.2. The van der Waals surface area contributed by atoms with Gasteiger partial charge in [-0.05, 0) is 18.6 Å². The molecule has 5 heteroatoms. The molecular weight excluding hydrogens is 365 g/mol. The Morgan fingerprint density at radius 1 is 1.25 bits per heavy atom. The van der Waals surface area contributed by atoms with Gasteiger partial charge in [0.25, 0.3) is 0 Å². The van der Waals surface area contributed by atoms with Gasteiger partial charge in [-0.2, -0.15) is 0 Å². The van der Waals surface area contributed by atoms with E-state index in [1.165, 1.54) is 6.42 Å². The van der Waals surface area contributed by atoms with E-state index in [1.807, 2.05) is 18.2 Å². The van der Waals surface area contributed by atoms with Crippen LogP contribution >= 0.6 is 24.0 Å². The number of para-hydroxylation sites is 1. The van der Waals surface area contributed by atoms with E-state index in [2.05, 4.69) is 34.7 Å². The van der Waals surface area contributed by atoms with E-state index in [4.69, 9.17) is 4.42 Å². The number of halogens is 1. The standard InChI is InChI=1S/C15H21N3O.HI/c1-3-4-9-17-15(16-2)18-11-13-10-12-7-5-6-8-14(12)19-13;/h5-8,10H,3-4,9,11H2,1-2H3,(H2,16,17,18);1H. The first-order chi connectivity index (χ1) is 9.33. The van der Waals surface area contributed by atoms with Crippen molar-refractivity contribution in [1.82, 2.24) is 10.6 Å². The summed E-state index contributed by atoms with van der Waals surface area (Å²) < 4.78 is 5.74. The van der Waals surface area contributed by atoms with Crippen molar-refractivity contribution < 1.29 is 4.42 Å². The zero-order chi connectivity index (χ0) is 13.5. The Kier molecular flexibility index (Phi) is 7.43. The number of fused-ring (bicyclic) bond motifs is 1. The number of hydrogen-bond donors (Lipinski definition) is 2. The van der Waals surface area contributed by atoms with Gasteiger partial charge in [0, 0.05) is 19.0 Å². The minimum atomic E-state index is 0. The van der Waals surface area contributed by atoms with E-state index < -0.39 is 0 Å². The number of aliphatic imine (C=N–C) groups is 1. The summed E-state index contributed by atoms with van der Waals surface area (Å²) in [4.78, 5) is 4.18. The second-order valence-electron chi connectivity index (χ2n) is 4.46. The number of nitrogens with zero attached hydrogens (tertiary/aromatic N) is 1. The summed E-state index contributed by atoms with van der Waals surface area (Å²) >= 11 is 0. The summed E-state index contributed by atoms with van der Waals surface area (Å²) in [7, 11) is 1.78. The molecule has 0 atom stereocenters. The average Bonchev–Trinajstić information content (AvgIpc) is 2.85. The zero-order valence-corrected chi connectivity index (χ0v) is 14.3. The lowest BCUT2D eigenvalue weighted by molar-refractivity contribution is 0.538. The van der Waals surface area contributed by atoms with Crippen molar-refractivity contribution in [2.75, 3.05) is 13.6 Å². The van der Waals surface area contributed by atoms with Crippen molar-refractivity contribution in [3.63, 3.8) is 0 Å². The summed E-state index contributed by atoms with van der Waals surface area (Å²) in [6, 6.07) is 10.1. The van der Waals surface area contributed by atoms with E-state index in [0.29, 0.717) is 6.54 Å². The topological polar surface area (TPSA) is 49.6 Å². The minimum Gasteiger partial charge on any atom is -0.459 e. The lowest BCUT2D eigenvalue weighted by Gasteiger charge is -2.09. The normalized spacial score (nSPS) is 11.2. The number of nitrogens with one attached hydrogen (secondary N) is 2. The van der Waals surface area contributed by atoms with E-state index in [9.17, 15) is 0 Å². The smallest absolute Gasteiger partial charge is 0.191 e. The van der Waals surface area contributed by atoms with Gasteiger partial charge < -0.3 is 15.1 Å². The third-order valence-electron chi connectivity index (χ3n) is 2.95. The second-order valence-corrected chi connectivity index (χ2v) is 4.46. The van der Waals surface area contributed by atoms with E-state index in [0.717, 1.165) is 35.7 Å². The van der Waals surface area contributed by atoms with Crippen molar-refractivity contribution in [2.45, 2.75) is 26.3 Å². The Balaban J connectivity index is 0.00000200. The van der Waals surface area contributed by atoms with Gasteiger partial charge in [0.05, 0.1) is 6.54 Å². The van der Waals surface area contributed by atoms with E-state index >= 15 is 0 Å². The fourth-order valence-electron chi connectivity index (χ4n) is 1.90. The Morgan fingerprint density at radius 3 is 2.75 bits per heavy atom. The van der Waals surface area contributed by atoms with Crippen LogP contribution in [0.4, 0.5) is 0 Å². The molecule has 20 heavy (non-hydrogen) atoms. The number of guanidine groups is 1. The molecule has 0 aliphatic carbocycles. The van der Waals surface area contributed by atoms with Crippen molar-refractivity contribution >= 4 is 40.9 Å². The Bertz CT molecular complexity index is 518. The van der Waals surface area contributed by atoms with Crippen LogP contribution in [0.2, 0.25) is 0 Å². The number of rotatable bonds is 5. The second kappa shape index (κ2) is 8.84. The molecule has 0 spiro atoms. The summed E-state index contributed by atoms with van der Waals surface area (Å²) in [5.41, 5.74) is 0.924. The van der Waals surface area contributed by atoms with Crippen LogP contribution in [0, 0.1) is 0 Å². The highest BCUT2D eigenvalue weighted by Gasteiger charge is 2.03. The van der Waals surface area contributed by atoms with Crippen LogP contribution in [0.1, 0.15) is 25.5 Å². The largest absolute Gasteiger partial charge is 0.459 e. The summed E-state index contributed by atoms with van der Waals surface area (Å²) in [6.45, 7) is 3.75. The number of unbranched alkanes of at least 4 members (excludes halogenated alkanes) is 1. The van der Waals surface area contributed by atoms with Crippen LogP contribution in [0.3, 0.4) is 0 Å². The van der Waals surface area contributed by atoms with Crippen molar-refractivity contribution in [3.8, 4) is 0 Å². The Labute approximate surface area is 137 Å². The molecule has 2 rings (SSSR count). The molecule has 0 unspecified atom stereocenters. The highest BCUT2D eigenvalue weighted by molar-refractivity contribution is 14.0. The van der Waals surface area contributed by atoms with E-state index in [1.54, 1.807) is 7.05 Å². The quantitative estimate of drug-likeness (QED) is 0.357. The van der Waals surface area contributed by atoms with Gasteiger partial charge in [0.1, 0.15) is 11.3 Å². The predicted molar refractivity (Wildman–Crippen MR) is 94.7 cm³/mol. The van der Waals surface area contributed by atoms with Gasteiger partial charge in [-0.1, -0.05) is 31.5 Å². The zero-order valence-electron chi connectivity index (χ0n) is 12.0. The molecule has 0 radical (unpaired) electrons. The maximum atomic E-state index is 5.74. The van der Waals surface area contributed by atoms with Gasteiger partial charge >= 0.3 is 0 Å². The third-order valence-corrected chi connectivity index (χ3v) is 2.95. The van der Waals surface area contributed by atoms with Crippen molar-refractivity contribution in [3.05, 3.63) is 36.1 Å². The molecule has 0 bridgehead atoms. The molecule has 1 aromatic heterocycles. The predicted octanol–water partition coefficient (Wildman–Crippen LogP) is 3.52. The minimum absolute atomic E-state index is 0. The van der Waals surface area contributed by atoms with Crippen LogP contribution in [0.5, 0.6) is 0 Å².